The zero-order valence-electron chi connectivity index (χ0n) is 4.43. The Morgan fingerprint density at radius 1 is 1.38 bits per heavy atom. The van der Waals surface area contributed by atoms with Crippen molar-refractivity contribution in [1.29, 1.82) is 0 Å². The molecule has 1 aromatic heterocycles. The van der Waals surface area contributed by atoms with Crippen LogP contribution < -0.4 is 0 Å². The molecule has 0 aromatic carbocycles. The number of aromatic nitrogens is 2. The van der Waals surface area contributed by atoms with Crippen LogP contribution in [0.1, 0.15) is 5.82 Å². The Morgan fingerprint density at radius 3 is 2.25 bits per heavy atom. The van der Waals surface area contributed by atoms with Crippen LogP contribution in [0.15, 0.2) is 12.4 Å². The third-order valence-electron chi connectivity index (χ3n) is 0.749. The van der Waals surface area contributed by atoms with Crippen molar-refractivity contribution in [2.24, 2.45) is 0 Å². The lowest BCUT2D eigenvalue weighted by atomic mass is 10.6. The van der Waals surface area contributed by atoms with Crippen molar-refractivity contribution in [2.75, 3.05) is 0 Å². The van der Waals surface area contributed by atoms with Gasteiger partial charge in [0.15, 0.2) is 5.82 Å². The Morgan fingerprint density at radius 2 is 1.88 bits per heavy atom. The lowest BCUT2D eigenvalue weighted by molar-refractivity contribution is 0.611. The lowest BCUT2D eigenvalue weighted by Crippen LogP contribution is -1.85. The summed E-state index contributed by atoms with van der Waals surface area (Å²) in [6.45, 7) is 1.71. The van der Waals surface area contributed by atoms with Gasteiger partial charge in [0.25, 0.3) is 0 Å². The van der Waals surface area contributed by atoms with E-state index in [1.165, 1.54) is 0 Å². The number of hydrogen-bond donors (Lipinski definition) is 0. The maximum atomic E-state index is 12.0. The average Bonchev–Trinajstić information content (AvgIpc) is 1.77. The Bertz CT molecular complexity index is 149. The second kappa shape index (κ2) is 1.86. The molecule has 0 unspecified atom stereocenters. The SMILES string of the molecule is Cc1ncc(F)cn1. The van der Waals surface area contributed by atoms with Crippen LogP contribution in [0.3, 0.4) is 0 Å². The number of halogens is 1. The van der Waals surface area contributed by atoms with E-state index in [0.717, 1.165) is 12.4 Å². The molecule has 8 heavy (non-hydrogen) atoms. The van der Waals surface area contributed by atoms with Crippen molar-refractivity contribution < 1.29 is 4.39 Å². The van der Waals surface area contributed by atoms with E-state index in [9.17, 15) is 4.39 Å². The highest BCUT2D eigenvalue weighted by molar-refractivity contribution is 4.87. The molecule has 1 heterocycles. The summed E-state index contributed by atoms with van der Waals surface area (Å²) in [5, 5.41) is 0. The molecule has 42 valence electrons. The Labute approximate surface area is 46.4 Å². The molecule has 0 atom stereocenters. The molecule has 0 spiro atoms. The molecule has 0 saturated carbocycles. The largest absolute Gasteiger partial charge is 0.239 e. The van der Waals surface area contributed by atoms with Crippen molar-refractivity contribution >= 4 is 0 Å². The predicted molar refractivity (Wildman–Crippen MR) is 26.7 cm³/mol. The van der Waals surface area contributed by atoms with Crippen molar-refractivity contribution in [3.05, 3.63) is 24.0 Å². The van der Waals surface area contributed by atoms with Gasteiger partial charge in [-0.3, -0.25) is 0 Å². The fraction of sp³-hybridized carbons (Fsp3) is 0.200. The average molecular weight is 112 g/mol. The summed E-state index contributed by atoms with van der Waals surface area (Å²) >= 11 is 0. The van der Waals surface area contributed by atoms with Crippen LogP contribution in [0.4, 0.5) is 4.39 Å². The standard InChI is InChI=1S/C5H5FN2/c1-4-7-2-5(6)3-8-4/h2-3H,1H3. The van der Waals surface area contributed by atoms with Crippen LogP contribution in [0, 0.1) is 12.7 Å². The highest BCUT2D eigenvalue weighted by atomic mass is 19.1. The van der Waals surface area contributed by atoms with Gasteiger partial charge in [-0.15, -0.1) is 0 Å². The maximum Gasteiger partial charge on any atom is 0.159 e. The number of rotatable bonds is 0. The molecule has 0 saturated heterocycles. The molecule has 1 rings (SSSR count). The quantitative estimate of drug-likeness (QED) is 0.498. The van der Waals surface area contributed by atoms with E-state index in [2.05, 4.69) is 9.97 Å². The smallest absolute Gasteiger partial charge is 0.159 e. The molecule has 0 fully saturated rings. The number of hydrogen-bond acceptors (Lipinski definition) is 2. The van der Waals surface area contributed by atoms with Gasteiger partial charge in [-0.2, -0.15) is 0 Å². The molecule has 0 bridgehead atoms. The first-order valence-corrected chi connectivity index (χ1v) is 2.23. The zero-order chi connectivity index (χ0) is 5.98. The summed E-state index contributed by atoms with van der Waals surface area (Å²) in [6, 6.07) is 0. The fourth-order valence-corrected chi connectivity index (χ4v) is 0.377. The maximum absolute atomic E-state index is 12.0. The van der Waals surface area contributed by atoms with E-state index in [-0.39, 0.29) is 0 Å². The van der Waals surface area contributed by atoms with E-state index in [1.54, 1.807) is 6.92 Å². The topological polar surface area (TPSA) is 25.8 Å². The minimum Gasteiger partial charge on any atom is -0.239 e. The summed E-state index contributed by atoms with van der Waals surface area (Å²) in [7, 11) is 0. The highest BCUT2D eigenvalue weighted by Gasteiger charge is 1.86. The van der Waals surface area contributed by atoms with Crippen molar-refractivity contribution in [1.82, 2.24) is 9.97 Å². The first kappa shape index (κ1) is 5.15. The second-order valence-corrected chi connectivity index (χ2v) is 1.45. The molecule has 1 aromatic rings. The van der Waals surface area contributed by atoms with E-state index in [4.69, 9.17) is 0 Å². The third kappa shape index (κ3) is 0.992. The molecule has 0 aliphatic rings. The van der Waals surface area contributed by atoms with Crippen LogP contribution >= 0.6 is 0 Å². The molecule has 2 nitrogen and oxygen atoms in total. The Kier molecular flexibility index (Phi) is 1.20. The van der Waals surface area contributed by atoms with Crippen LogP contribution in [0.2, 0.25) is 0 Å². The summed E-state index contributed by atoms with van der Waals surface area (Å²) < 4.78 is 12.0. The van der Waals surface area contributed by atoms with Gasteiger partial charge in [0, 0.05) is 0 Å². The second-order valence-electron chi connectivity index (χ2n) is 1.45. The summed E-state index contributed by atoms with van der Waals surface area (Å²) in [6.07, 6.45) is 2.28. The summed E-state index contributed by atoms with van der Waals surface area (Å²) in [5.41, 5.74) is 0. The minimum absolute atomic E-state index is 0.393. The normalized spacial score (nSPS) is 9.25. The van der Waals surface area contributed by atoms with E-state index in [0.29, 0.717) is 5.82 Å². The van der Waals surface area contributed by atoms with Crippen LogP contribution in [0.5, 0.6) is 0 Å². The first-order valence-electron chi connectivity index (χ1n) is 2.23. The lowest BCUT2D eigenvalue weighted by Gasteiger charge is -1.85. The zero-order valence-corrected chi connectivity index (χ0v) is 4.43. The highest BCUT2D eigenvalue weighted by Crippen LogP contribution is 1.89. The van der Waals surface area contributed by atoms with E-state index < -0.39 is 5.82 Å². The van der Waals surface area contributed by atoms with Crippen molar-refractivity contribution in [2.45, 2.75) is 6.92 Å². The van der Waals surface area contributed by atoms with Crippen molar-refractivity contribution in [3.8, 4) is 0 Å². The molecular weight excluding hydrogens is 107 g/mol. The van der Waals surface area contributed by atoms with Crippen LogP contribution in [0.25, 0.3) is 0 Å². The molecular formula is C5H5FN2. The van der Waals surface area contributed by atoms with Gasteiger partial charge in [0.2, 0.25) is 0 Å². The van der Waals surface area contributed by atoms with Gasteiger partial charge in [-0.1, -0.05) is 0 Å². The minimum atomic E-state index is -0.393. The first-order chi connectivity index (χ1) is 3.79. The van der Waals surface area contributed by atoms with Gasteiger partial charge >= 0.3 is 0 Å². The molecule has 0 amide bonds. The third-order valence-corrected chi connectivity index (χ3v) is 0.749. The van der Waals surface area contributed by atoms with Crippen molar-refractivity contribution in [3.63, 3.8) is 0 Å². The predicted octanol–water partition coefficient (Wildman–Crippen LogP) is 0.924. The summed E-state index contributed by atoms with van der Waals surface area (Å²) in [4.78, 5) is 7.19. The Balaban J connectivity index is 3.03. The Hall–Kier alpha value is -0.990. The van der Waals surface area contributed by atoms with Gasteiger partial charge in [-0.25, -0.2) is 14.4 Å². The van der Waals surface area contributed by atoms with Gasteiger partial charge in [0.1, 0.15) is 5.82 Å². The monoisotopic (exact) mass is 112 g/mol. The van der Waals surface area contributed by atoms with E-state index >= 15 is 0 Å². The van der Waals surface area contributed by atoms with Gasteiger partial charge in [-0.05, 0) is 6.92 Å². The van der Waals surface area contributed by atoms with Gasteiger partial charge < -0.3 is 0 Å². The molecule has 0 radical (unpaired) electrons. The number of aryl methyl sites for hydroxylation is 1. The number of nitrogens with zero attached hydrogens (tertiary/aromatic N) is 2. The fourth-order valence-electron chi connectivity index (χ4n) is 0.377. The molecule has 0 aliphatic heterocycles. The summed E-state index contributed by atoms with van der Waals surface area (Å²) in [5.74, 6) is 0.196. The molecule has 3 heteroatoms. The van der Waals surface area contributed by atoms with Crippen LogP contribution in [-0.4, -0.2) is 9.97 Å². The van der Waals surface area contributed by atoms with Gasteiger partial charge in [0.05, 0.1) is 12.4 Å². The molecule has 0 N–H and O–H groups in total. The van der Waals surface area contributed by atoms with Crippen LogP contribution in [-0.2, 0) is 0 Å². The molecule has 0 aliphatic carbocycles. The van der Waals surface area contributed by atoms with E-state index in [1.807, 2.05) is 0 Å².